The second-order valence-electron chi connectivity index (χ2n) is 7.29. The van der Waals surface area contributed by atoms with Crippen LogP contribution >= 0.6 is 0 Å². The third kappa shape index (κ3) is 5.95. The van der Waals surface area contributed by atoms with Gasteiger partial charge in [0.05, 0.1) is 24.1 Å². The minimum atomic E-state index is -0.368. The number of carbonyl (C=O) groups excluding carboxylic acids is 2. The van der Waals surface area contributed by atoms with Crippen molar-refractivity contribution in [1.29, 1.82) is 5.26 Å². The molecule has 0 fully saturated rings. The lowest BCUT2D eigenvalue weighted by Gasteiger charge is -2.29. The Morgan fingerprint density at radius 1 is 1.07 bits per heavy atom. The van der Waals surface area contributed by atoms with Gasteiger partial charge in [0, 0.05) is 19.5 Å². The Morgan fingerprint density at radius 2 is 1.68 bits per heavy atom. The molecule has 0 aliphatic heterocycles. The third-order valence-corrected chi connectivity index (χ3v) is 4.62. The van der Waals surface area contributed by atoms with Crippen molar-refractivity contribution in [3.8, 4) is 6.07 Å². The minimum Gasteiger partial charge on any atom is -0.349 e. The molecule has 5 heteroatoms. The molecule has 2 aromatic rings. The van der Waals surface area contributed by atoms with Gasteiger partial charge in [0.2, 0.25) is 11.8 Å². The summed E-state index contributed by atoms with van der Waals surface area (Å²) in [6, 6.07) is 16.8. The normalized spacial score (nSPS) is 11.6. The summed E-state index contributed by atoms with van der Waals surface area (Å²) in [6.07, 6.45) is 0.192. The molecule has 0 saturated carbocycles. The molecule has 2 rings (SSSR count). The zero-order valence-corrected chi connectivity index (χ0v) is 16.9. The van der Waals surface area contributed by atoms with Crippen molar-refractivity contribution >= 4 is 11.8 Å². The average Bonchev–Trinajstić information content (AvgIpc) is 2.66. The molecule has 0 aliphatic rings. The van der Waals surface area contributed by atoms with Crippen LogP contribution in [0.1, 0.15) is 55.5 Å². The van der Waals surface area contributed by atoms with E-state index in [1.54, 1.807) is 17.0 Å². The Morgan fingerprint density at radius 3 is 2.18 bits per heavy atom. The van der Waals surface area contributed by atoms with Crippen LogP contribution in [-0.2, 0) is 16.1 Å². The van der Waals surface area contributed by atoms with E-state index in [0.717, 1.165) is 16.7 Å². The zero-order chi connectivity index (χ0) is 20.7. The van der Waals surface area contributed by atoms with Crippen molar-refractivity contribution in [1.82, 2.24) is 10.2 Å². The van der Waals surface area contributed by atoms with Crippen LogP contribution in [0, 0.1) is 18.3 Å². The average molecular weight is 377 g/mol. The predicted molar refractivity (Wildman–Crippen MR) is 109 cm³/mol. The largest absolute Gasteiger partial charge is 0.349 e. The molecule has 1 unspecified atom stereocenters. The molecule has 0 bridgehead atoms. The molecule has 0 spiro atoms. The van der Waals surface area contributed by atoms with Crippen LogP contribution in [0.5, 0.6) is 0 Å². The number of amides is 2. The molecule has 0 aromatic heterocycles. The number of rotatable bonds is 7. The molecule has 2 aromatic carbocycles. The third-order valence-electron chi connectivity index (χ3n) is 4.62. The second kappa shape index (κ2) is 9.70. The highest BCUT2D eigenvalue weighted by Gasteiger charge is 2.23. The number of hydrogen-bond acceptors (Lipinski definition) is 3. The number of benzene rings is 2. The van der Waals surface area contributed by atoms with Gasteiger partial charge in [0.1, 0.15) is 0 Å². The molecule has 0 aliphatic carbocycles. The van der Waals surface area contributed by atoms with E-state index in [1.807, 2.05) is 57.2 Å². The monoisotopic (exact) mass is 377 g/mol. The maximum atomic E-state index is 13.1. The summed E-state index contributed by atoms with van der Waals surface area (Å²) < 4.78 is 0. The first kappa shape index (κ1) is 21.2. The summed E-state index contributed by atoms with van der Waals surface area (Å²) in [7, 11) is 0. The van der Waals surface area contributed by atoms with Crippen molar-refractivity contribution < 1.29 is 9.59 Å². The summed E-state index contributed by atoms with van der Waals surface area (Å²) >= 11 is 0. The van der Waals surface area contributed by atoms with Crippen LogP contribution < -0.4 is 5.32 Å². The van der Waals surface area contributed by atoms with E-state index in [-0.39, 0.29) is 30.3 Å². The van der Waals surface area contributed by atoms with Crippen molar-refractivity contribution in [3.63, 3.8) is 0 Å². The molecule has 2 amide bonds. The number of aryl methyl sites for hydroxylation is 1. The lowest BCUT2D eigenvalue weighted by atomic mass is 10.0. The molecular formula is C23H27N3O2. The Labute approximate surface area is 167 Å². The number of nitriles is 1. The first-order chi connectivity index (χ1) is 13.3. The summed E-state index contributed by atoms with van der Waals surface area (Å²) in [5.74, 6) is -0.194. The van der Waals surface area contributed by atoms with E-state index in [0.29, 0.717) is 12.1 Å². The fraction of sp³-hybridized carbons (Fsp3) is 0.348. The van der Waals surface area contributed by atoms with Gasteiger partial charge in [-0.05, 0) is 44.0 Å². The van der Waals surface area contributed by atoms with Crippen LogP contribution in [0.4, 0.5) is 0 Å². The van der Waals surface area contributed by atoms with E-state index in [9.17, 15) is 9.59 Å². The lowest BCUT2D eigenvalue weighted by Crippen LogP contribution is -2.39. The van der Waals surface area contributed by atoms with Gasteiger partial charge >= 0.3 is 0 Å². The van der Waals surface area contributed by atoms with Crippen LogP contribution in [0.25, 0.3) is 0 Å². The van der Waals surface area contributed by atoms with Crippen molar-refractivity contribution in [2.75, 3.05) is 0 Å². The minimum absolute atomic E-state index is 0.0131. The van der Waals surface area contributed by atoms with Gasteiger partial charge < -0.3 is 10.2 Å². The quantitative estimate of drug-likeness (QED) is 0.796. The van der Waals surface area contributed by atoms with Gasteiger partial charge in [-0.1, -0.05) is 42.0 Å². The molecule has 1 N–H and O–H groups in total. The van der Waals surface area contributed by atoms with E-state index in [1.165, 1.54) is 6.92 Å². The van der Waals surface area contributed by atoms with E-state index in [2.05, 4.69) is 11.4 Å². The van der Waals surface area contributed by atoms with Gasteiger partial charge in [0.25, 0.3) is 0 Å². The van der Waals surface area contributed by atoms with Gasteiger partial charge in [-0.2, -0.15) is 5.26 Å². The Hall–Kier alpha value is -3.13. The van der Waals surface area contributed by atoms with E-state index in [4.69, 9.17) is 5.26 Å². The summed E-state index contributed by atoms with van der Waals surface area (Å²) in [6.45, 7) is 7.87. The highest BCUT2D eigenvalue weighted by molar-refractivity contribution is 5.79. The summed E-state index contributed by atoms with van der Waals surface area (Å²) in [5, 5.41) is 11.8. The van der Waals surface area contributed by atoms with E-state index >= 15 is 0 Å². The summed E-state index contributed by atoms with van der Waals surface area (Å²) in [4.78, 5) is 26.5. The number of nitrogens with zero attached hydrogens (tertiary/aromatic N) is 2. The maximum Gasteiger partial charge on any atom is 0.225 e. The lowest BCUT2D eigenvalue weighted by molar-refractivity contribution is -0.134. The van der Waals surface area contributed by atoms with Crippen LogP contribution in [0.15, 0.2) is 48.5 Å². The Bertz CT molecular complexity index is 849. The fourth-order valence-corrected chi connectivity index (χ4v) is 3.03. The molecule has 0 heterocycles. The highest BCUT2D eigenvalue weighted by Crippen LogP contribution is 2.21. The summed E-state index contributed by atoms with van der Waals surface area (Å²) in [5.41, 5.74) is 3.60. The SMILES string of the molecule is CC(=O)NC(CC(=O)N(Cc1ccc(C#N)cc1)C(C)C)c1ccc(C)cc1. The van der Waals surface area contributed by atoms with Crippen molar-refractivity contribution in [2.45, 2.75) is 52.7 Å². The predicted octanol–water partition coefficient (Wildman–Crippen LogP) is 3.87. The molecule has 28 heavy (non-hydrogen) atoms. The zero-order valence-electron chi connectivity index (χ0n) is 16.9. The number of carbonyl (C=O) groups is 2. The molecule has 5 nitrogen and oxygen atoms in total. The topological polar surface area (TPSA) is 73.2 Å². The fourth-order valence-electron chi connectivity index (χ4n) is 3.03. The van der Waals surface area contributed by atoms with Crippen LogP contribution in [0.3, 0.4) is 0 Å². The molecule has 0 radical (unpaired) electrons. The standard InChI is InChI=1S/C23H27N3O2/c1-16(2)26(15-20-9-7-19(14-24)8-10-20)23(28)13-22(25-18(4)27)21-11-5-17(3)6-12-21/h5-12,16,22H,13,15H2,1-4H3,(H,25,27). The van der Waals surface area contributed by atoms with Gasteiger partial charge in [-0.25, -0.2) is 0 Å². The first-order valence-electron chi connectivity index (χ1n) is 9.42. The maximum absolute atomic E-state index is 13.1. The highest BCUT2D eigenvalue weighted by atomic mass is 16.2. The van der Waals surface area contributed by atoms with Gasteiger partial charge in [-0.15, -0.1) is 0 Å². The Balaban J connectivity index is 2.18. The molecule has 0 saturated heterocycles. The van der Waals surface area contributed by atoms with Crippen LogP contribution in [0.2, 0.25) is 0 Å². The van der Waals surface area contributed by atoms with Crippen LogP contribution in [-0.4, -0.2) is 22.8 Å². The second-order valence-corrected chi connectivity index (χ2v) is 7.29. The number of hydrogen-bond donors (Lipinski definition) is 1. The number of nitrogens with one attached hydrogen (secondary N) is 1. The molecular weight excluding hydrogens is 350 g/mol. The van der Waals surface area contributed by atoms with Gasteiger partial charge in [0.15, 0.2) is 0 Å². The molecule has 146 valence electrons. The van der Waals surface area contributed by atoms with E-state index < -0.39 is 0 Å². The molecule has 1 atom stereocenters. The first-order valence-corrected chi connectivity index (χ1v) is 9.42. The van der Waals surface area contributed by atoms with Gasteiger partial charge in [-0.3, -0.25) is 9.59 Å². The van der Waals surface area contributed by atoms with Crippen molar-refractivity contribution in [3.05, 3.63) is 70.8 Å². The van der Waals surface area contributed by atoms with Crippen molar-refractivity contribution in [2.24, 2.45) is 0 Å². The Kier molecular flexibility index (Phi) is 7.34. The smallest absolute Gasteiger partial charge is 0.225 e.